The van der Waals surface area contributed by atoms with Gasteiger partial charge in [0.1, 0.15) is 0 Å². The molecule has 0 aliphatic heterocycles. The minimum absolute atomic E-state index is 0.0529. The Labute approximate surface area is 191 Å². The van der Waals surface area contributed by atoms with Crippen LogP contribution in [0.2, 0.25) is 0 Å². The molecular formula is C22H19N3O4S3. The van der Waals surface area contributed by atoms with Crippen molar-refractivity contribution in [1.29, 1.82) is 5.26 Å². The summed E-state index contributed by atoms with van der Waals surface area (Å²) in [7, 11) is -7.91. The van der Waals surface area contributed by atoms with Gasteiger partial charge >= 0.3 is 0 Å². The number of amidine groups is 1. The Morgan fingerprint density at radius 3 is 2.06 bits per heavy atom. The van der Waals surface area contributed by atoms with Crippen LogP contribution in [0.25, 0.3) is 0 Å². The normalized spacial score (nSPS) is 12.2. The van der Waals surface area contributed by atoms with Gasteiger partial charge in [0.15, 0.2) is 11.4 Å². The van der Waals surface area contributed by atoms with Crippen LogP contribution in [0, 0.1) is 18.4 Å². The number of hydrogen-bond donors (Lipinski definition) is 1. The molecule has 10 heteroatoms. The third-order valence-corrected chi connectivity index (χ3v) is 8.66. The zero-order valence-electron chi connectivity index (χ0n) is 17.2. The van der Waals surface area contributed by atoms with Crippen LogP contribution in [-0.4, -0.2) is 28.3 Å². The molecule has 0 heterocycles. The summed E-state index contributed by atoms with van der Waals surface area (Å²) in [5.41, 5.74) is 0.809. The van der Waals surface area contributed by atoms with Crippen molar-refractivity contribution in [2.24, 2.45) is 4.99 Å². The number of nitriles is 1. The highest BCUT2D eigenvalue weighted by Gasteiger charge is 2.25. The van der Waals surface area contributed by atoms with E-state index < -0.39 is 19.7 Å². The Hall–Kier alpha value is -3.13. The number of nitrogens with one attached hydrogen (secondary N) is 1. The molecule has 0 saturated carbocycles. The third kappa shape index (κ3) is 4.85. The highest BCUT2D eigenvalue weighted by molar-refractivity contribution is 8.13. The van der Waals surface area contributed by atoms with Crippen LogP contribution in [0.15, 0.2) is 97.4 Å². The molecule has 0 fully saturated rings. The molecular weight excluding hydrogens is 466 g/mol. The lowest BCUT2D eigenvalue weighted by Gasteiger charge is -2.12. The summed E-state index contributed by atoms with van der Waals surface area (Å²) in [6.45, 7) is 1.84. The predicted molar refractivity (Wildman–Crippen MR) is 124 cm³/mol. The van der Waals surface area contributed by atoms with Crippen molar-refractivity contribution in [3.8, 4) is 6.19 Å². The van der Waals surface area contributed by atoms with Crippen molar-refractivity contribution in [1.82, 2.24) is 5.32 Å². The van der Waals surface area contributed by atoms with Gasteiger partial charge in [0.05, 0.1) is 25.3 Å². The first-order valence-corrected chi connectivity index (χ1v) is 13.4. The summed E-state index contributed by atoms with van der Waals surface area (Å²) in [4.78, 5) is 4.10. The first-order valence-electron chi connectivity index (χ1n) is 9.24. The monoisotopic (exact) mass is 485 g/mol. The van der Waals surface area contributed by atoms with Crippen molar-refractivity contribution in [2.45, 2.75) is 26.5 Å². The van der Waals surface area contributed by atoms with Crippen LogP contribution in [0.1, 0.15) is 5.56 Å². The van der Waals surface area contributed by atoms with Gasteiger partial charge in [-0.15, -0.1) is 0 Å². The molecule has 0 aliphatic rings. The maximum Gasteiger partial charge on any atom is 0.208 e. The van der Waals surface area contributed by atoms with Gasteiger partial charge in [0, 0.05) is 0 Å². The number of benzene rings is 3. The van der Waals surface area contributed by atoms with Crippen molar-refractivity contribution in [3.63, 3.8) is 0 Å². The minimum atomic E-state index is -4.00. The van der Waals surface area contributed by atoms with Gasteiger partial charge in [0.25, 0.3) is 0 Å². The second kappa shape index (κ2) is 9.56. The topological polar surface area (TPSA) is 116 Å². The number of nitrogens with zero attached hydrogens (tertiary/aromatic N) is 2. The molecule has 0 spiro atoms. The number of aliphatic imine (C=N–C) groups is 1. The number of aryl methyl sites for hydroxylation is 1. The Morgan fingerprint density at radius 2 is 1.47 bits per heavy atom. The molecule has 7 nitrogen and oxygen atoms in total. The molecule has 0 aliphatic carbocycles. The summed E-state index contributed by atoms with van der Waals surface area (Å²) in [5.74, 6) is 0. The SMILES string of the molecule is CSC(=Nc1cc(S(=O)(=O)c2ccccc2)ccc1S(=O)(=O)c1ccc(C)cc1)NC#N. The molecule has 0 saturated heterocycles. The molecule has 3 aromatic rings. The van der Waals surface area contributed by atoms with Crippen LogP contribution in [-0.2, 0) is 19.7 Å². The second-order valence-corrected chi connectivity index (χ2v) is 11.3. The number of thioether (sulfide) groups is 1. The lowest BCUT2D eigenvalue weighted by molar-refractivity contribution is 0.592. The average Bonchev–Trinajstić information content (AvgIpc) is 2.79. The lowest BCUT2D eigenvalue weighted by atomic mass is 10.2. The van der Waals surface area contributed by atoms with Crippen LogP contribution in [0.4, 0.5) is 5.69 Å². The summed E-state index contributed by atoms with van der Waals surface area (Å²) in [5, 5.41) is 11.4. The molecule has 0 aromatic heterocycles. The van der Waals surface area contributed by atoms with E-state index in [0.717, 1.165) is 17.3 Å². The quantitative estimate of drug-likeness (QED) is 0.250. The Kier molecular flexibility index (Phi) is 7.03. The van der Waals surface area contributed by atoms with Gasteiger partial charge in [-0.3, -0.25) is 5.32 Å². The molecule has 0 amide bonds. The fourth-order valence-electron chi connectivity index (χ4n) is 2.84. The molecule has 164 valence electrons. The Bertz CT molecular complexity index is 1410. The molecule has 0 bridgehead atoms. The van der Waals surface area contributed by atoms with Crippen molar-refractivity contribution >= 4 is 42.3 Å². The zero-order chi connectivity index (χ0) is 23.4. The zero-order valence-corrected chi connectivity index (χ0v) is 19.6. The van der Waals surface area contributed by atoms with Crippen LogP contribution >= 0.6 is 11.8 Å². The number of rotatable bonds is 5. The fraction of sp³-hybridized carbons (Fsp3) is 0.0909. The van der Waals surface area contributed by atoms with Gasteiger partial charge in [-0.05, 0) is 55.6 Å². The van der Waals surface area contributed by atoms with Gasteiger partial charge in [-0.2, -0.15) is 5.26 Å². The van der Waals surface area contributed by atoms with E-state index in [-0.39, 0.29) is 30.4 Å². The maximum atomic E-state index is 13.3. The fourth-order valence-corrected chi connectivity index (χ4v) is 5.86. The van der Waals surface area contributed by atoms with Gasteiger partial charge in [-0.25, -0.2) is 21.8 Å². The first kappa shape index (κ1) is 23.5. The van der Waals surface area contributed by atoms with Gasteiger partial charge < -0.3 is 0 Å². The first-order chi connectivity index (χ1) is 15.2. The molecule has 32 heavy (non-hydrogen) atoms. The van der Waals surface area contributed by atoms with E-state index in [0.29, 0.717) is 0 Å². The van der Waals surface area contributed by atoms with E-state index in [2.05, 4.69) is 10.3 Å². The third-order valence-electron chi connectivity index (χ3n) is 4.49. The Morgan fingerprint density at radius 1 is 0.875 bits per heavy atom. The minimum Gasteiger partial charge on any atom is -0.271 e. The summed E-state index contributed by atoms with van der Waals surface area (Å²) in [6.07, 6.45) is 3.39. The lowest BCUT2D eigenvalue weighted by Crippen LogP contribution is -2.13. The average molecular weight is 486 g/mol. The largest absolute Gasteiger partial charge is 0.271 e. The van der Waals surface area contributed by atoms with Crippen LogP contribution in [0.3, 0.4) is 0 Å². The summed E-state index contributed by atoms with van der Waals surface area (Å²) < 4.78 is 52.8. The molecule has 0 atom stereocenters. The van der Waals surface area contributed by atoms with E-state index in [1.165, 1.54) is 42.5 Å². The molecule has 1 N–H and O–H groups in total. The molecule has 3 aromatic carbocycles. The van der Waals surface area contributed by atoms with Gasteiger partial charge in [-0.1, -0.05) is 47.7 Å². The van der Waals surface area contributed by atoms with Crippen molar-refractivity contribution in [2.75, 3.05) is 6.26 Å². The maximum absolute atomic E-state index is 13.3. The van der Waals surface area contributed by atoms with Gasteiger partial charge in [0.2, 0.25) is 19.7 Å². The summed E-state index contributed by atoms with van der Waals surface area (Å²) >= 11 is 1.09. The van der Waals surface area contributed by atoms with Crippen LogP contribution in [0.5, 0.6) is 0 Å². The molecule has 3 rings (SSSR count). The van der Waals surface area contributed by atoms with Crippen molar-refractivity contribution in [3.05, 3.63) is 78.4 Å². The van der Waals surface area contributed by atoms with E-state index in [9.17, 15) is 16.8 Å². The van der Waals surface area contributed by atoms with E-state index in [1.807, 2.05) is 6.92 Å². The highest BCUT2D eigenvalue weighted by Crippen LogP contribution is 2.34. The number of hydrogen-bond acceptors (Lipinski definition) is 7. The van der Waals surface area contributed by atoms with Crippen LogP contribution < -0.4 is 5.32 Å². The molecule has 0 unspecified atom stereocenters. The predicted octanol–water partition coefficient (Wildman–Crippen LogP) is 4.08. The second-order valence-electron chi connectivity index (χ2n) is 6.62. The van der Waals surface area contributed by atoms with E-state index >= 15 is 0 Å². The standard InChI is InChI=1S/C22H19N3O4S3/c1-16-8-10-18(11-9-16)32(28,29)21-13-12-19(14-20(21)25-22(30-2)24-15-23)31(26,27)17-6-4-3-5-7-17/h3-14H,1-2H3,(H,24,25). The Balaban J connectivity index is 2.24. The number of sulfone groups is 2. The smallest absolute Gasteiger partial charge is 0.208 e. The van der Waals surface area contributed by atoms with Crippen molar-refractivity contribution < 1.29 is 16.8 Å². The highest BCUT2D eigenvalue weighted by atomic mass is 32.2. The molecule has 0 radical (unpaired) electrons. The summed E-state index contributed by atoms with van der Waals surface area (Å²) in [6, 6.07) is 17.8. The van der Waals surface area contributed by atoms with E-state index in [4.69, 9.17) is 5.26 Å². The van der Waals surface area contributed by atoms with E-state index in [1.54, 1.807) is 42.8 Å².